The quantitative estimate of drug-likeness (QED) is 0.348. The molecular weight excluding hydrogens is 446 g/mol. The molecule has 0 aliphatic heterocycles. The van der Waals surface area contributed by atoms with E-state index in [9.17, 15) is 4.39 Å². The molecule has 1 atom stereocenters. The van der Waals surface area contributed by atoms with Crippen LogP contribution in [0.5, 0.6) is 0 Å². The van der Waals surface area contributed by atoms with E-state index in [1.807, 2.05) is 12.1 Å². The van der Waals surface area contributed by atoms with Crippen molar-refractivity contribution in [1.82, 2.24) is 15.5 Å². The van der Waals surface area contributed by atoms with Crippen molar-refractivity contribution >= 4 is 29.9 Å². The Bertz CT molecular complexity index is 642. The van der Waals surface area contributed by atoms with E-state index in [0.29, 0.717) is 19.0 Å². The van der Waals surface area contributed by atoms with E-state index in [0.717, 1.165) is 24.4 Å². The highest BCUT2D eigenvalue weighted by Crippen LogP contribution is 2.20. The summed E-state index contributed by atoms with van der Waals surface area (Å²) in [5.74, 6) is 1.41. The van der Waals surface area contributed by atoms with Crippen LogP contribution in [0.2, 0.25) is 0 Å². The van der Waals surface area contributed by atoms with Gasteiger partial charge in [0.25, 0.3) is 0 Å². The second-order valence-electron chi connectivity index (χ2n) is 5.69. The first-order valence-electron chi connectivity index (χ1n) is 8.64. The van der Waals surface area contributed by atoms with E-state index < -0.39 is 0 Å². The lowest BCUT2D eigenvalue weighted by Crippen LogP contribution is -2.42. The molecule has 0 fully saturated rings. The first-order valence-corrected chi connectivity index (χ1v) is 8.64. The lowest BCUT2D eigenvalue weighted by atomic mass is 10.2. The molecule has 2 N–H and O–H groups in total. The van der Waals surface area contributed by atoms with Crippen LogP contribution in [0.15, 0.2) is 52.1 Å². The molecule has 0 aliphatic rings. The Labute approximate surface area is 172 Å². The lowest BCUT2D eigenvalue weighted by molar-refractivity contribution is 0.193. The average molecular weight is 474 g/mol. The molecule has 2 aromatic rings. The van der Waals surface area contributed by atoms with Crippen LogP contribution in [0.3, 0.4) is 0 Å². The summed E-state index contributed by atoms with van der Waals surface area (Å²) in [7, 11) is 1.74. The summed E-state index contributed by atoms with van der Waals surface area (Å²) in [6.45, 7) is 7.41. The van der Waals surface area contributed by atoms with Crippen molar-refractivity contribution in [1.29, 1.82) is 0 Å². The maximum Gasteiger partial charge on any atom is 0.191 e. The molecule has 0 saturated heterocycles. The third-order valence-corrected chi connectivity index (χ3v) is 4.18. The predicted octanol–water partition coefficient (Wildman–Crippen LogP) is 3.78. The molecule has 1 aromatic carbocycles. The third-order valence-electron chi connectivity index (χ3n) is 4.18. The second kappa shape index (κ2) is 11.9. The number of rotatable bonds is 8. The van der Waals surface area contributed by atoms with Crippen LogP contribution in [-0.4, -0.2) is 37.5 Å². The van der Waals surface area contributed by atoms with Crippen LogP contribution >= 0.6 is 24.0 Å². The zero-order chi connectivity index (χ0) is 18.1. The second-order valence-corrected chi connectivity index (χ2v) is 5.69. The van der Waals surface area contributed by atoms with Crippen molar-refractivity contribution in [2.24, 2.45) is 4.99 Å². The van der Waals surface area contributed by atoms with Crippen LogP contribution in [0.1, 0.15) is 31.2 Å². The average Bonchev–Trinajstić information content (AvgIpc) is 3.16. The Morgan fingerprint density at radius 3 is 2.38 bits per heavy atom. The van der Waals surface area contributed by atoms with E-state index in [2.05, 4.69) is 34.4 Å². The molecule has 5 nitrogen and oxygen atoms in total. The van der Waals surface area contributed by atoms with Crippen LogP contribution in [0.25, 0.3) is 0 Å². The maximum atomic E-state index is 13.0. The number of benzene rings is 1. The molecule has 26 heavy (non-hydrogen) atoms. The fourth-order valence-corrected chi connectivity index (χ4v) is 2.76. The van der Waals surface area contributed by atoms with Gasteiger partial charge in [-0.1, -0.05) is 26.0 Å². The number of hydrogen-bond donors (Lipinski definition) is 2. The van der Waals surface area contributed by atoms with Gasteiger partial charge in [0.1, 0.15) is 11.6 Å². The number of guanidine groups is 1. The number of hydrogen-bond acceptors (Lipinski definition) is 3. The van der Waals surface area contributed by atoms with Gasteiger partial charge in [-0.25, -0.2) is 4.39 Å². The van der Waals surface area contributed by atoms with Gasteiger partial charge in [-0.05, 0) is 42.9 Å². The lowest BCUT2D eigenvalue weighted by Gasteiger charge is -2.28. The van der Waals surface area contributed by atoms with Crippen molar-refractivity contribution in [3.8, 4) is 0 Å². The summed E-state index contributed by atoms with van der Waals surface area (Å²) >= 11 is 0. The number of aliphatic imine (C=N–C) groups is 1. The van der Waals surface area contributed by atoms with Crippen LogP contribution < -0.4 is 10.6 Å². The molecule has 1 unspecified atom stereocenters. The van der Waals surface area contributed by atoms with E-state index in [4.69, 9.17) is 4.42 Å². The molecule has 0 radical (unpaired) electrons. The van der Waals surface area contributed by atoms with Crippen molar-refractivity contribution in [3.05, 3.63) is 59.8 Å². The Balaban J connectivity index is 0.00000338. The monoisotopic (exact) mass is 474 g/mol. The molecule has 0 bridgehead atoms. The number of furan rings is 1. The van der Waals surface area contributed by atoms with E-state index in [1.165, 1.54) is 12.1 Å². The molecule has 1 heterocycles. The number of halogens is 2. The standard InChI is InChI=1S/C19H27FN4O.HI/c1-4-24(5-2)17(18-7-6-12-25-18)14-23-19(21-3)22-13-15-8-10-16(20)11-9-15;/h6-12,17H,4-5,13-14H2,1-3H3,(H2,21,22,23);1H. The van der Waals surface area contributed by atoms with E-state index in [1.54, 1.807) is 25.4 Å². The first-order chi connectivity index (χ1) is 12.2. The zero-order valence-electron chi connectivity index (χ0n) is 15.5. The normalized spacial score (nSPS) is 12.6. The van der Waals surface area contributed by atoms with Crippen LogP contribution in [0, 0.1) is 5.82 Å². The summed E-state index contributed by atoms with van der Waals surface area (Å²) < 4.78 is 18.6. The minimum Gasteiger partial charge on any atom is -0.468 e. The largest absolute Gasteiger partial charge is 0.468 e. The summed E-state index contributed by atoms with van der Waals surface area (Å²) in [6, 6.07) is 10.5. The highest BCUT2D eigenvalue weighted by molar-refractivity contribution is 14.0. The minimum absolute atomic E-state index is 0. The summed E-state index contributed by atoms with van der Waals surface area (Å²) in [5.41, 5.74) is 0.996. The minimum atomic E-state index is -0.230. The van der Waals surface area contributed by atoms with Gasteiger partial charge in [0.2, 0.25) is 0 Å². The van der Waals surface area contributed by atoms with Crippen molar-refractivity contribution in [3.63, 3.8) is 0 Å². The highest BCUT2D eigenvalue weighted by atomic mass is 127. The van der Waals surface area contributed by atoms with Gasteiger partial charge in [-0.2, -0.15) is 0 Å². The highest BCUT2D eigenvalue weighted by Gasteiger charge is 2.20. The van der Waals surface area contributed by atoms with Crippen molar-refractivity contribution < 1.29 is 8.81 Å². The van der Waals surface area contributed by atoms with Gasteiger partial charge in [-0.15, -0.1) is 24.0 Å². The first kappa shape index (κ1) is 22.4. The van der Waals surface area contributed by atoms with Gasteiger partial charge in [0.15, 0.2) is 5.96 Å². The maximum absolute atomic E-state index is 13.0. The van der Waals surface area contributed by atoms with Gasteiger partial charge in [0, 0.05) is 20.1 Å². The Morgan fingerprint density at radius 2 is 1.85 bits per heavy atom. The topological polar surface area (TPSA) is 52.8 Å². The molecule has 0 spiro atoms. The number of nitrogens with zero attached hydrogens (tertiary/aromatic N) is 2. The third kappa shape index (κ3) is 6.60. The molecule has 1 aromatic heterocycles. The van der Waals surface area contributed by atoms with Crippen LogP contribution in [0.4, 0.5) is 4.39 Å². The summed E-state index contributed by atoms with van der Waals surface area (Å²) in [5, 5.41) is 6.60. The SMILES string of the molecule is CCN(CC)C(CNC(=NC)NCc1ccc(F)cc1)c1ccco1.I. The van der Waals surface area contributed by atoms with Crippen LogP contribution in [-0.2, 0) is 6.54 Å². The van der Waals surface area contributed by atoms with Crippen molar-refractivity contribution in [2.45, 2.75) is 26.4 Å². The molecule has 2 rings (SSSR count). The van der Waals surface area contributed by atoms with Gasteiger partial charge in [-0.3, -0.25) is 9.89 Å². The molecule has 7 heteroatoms. The zero-order valence-corrected chi connectivity index (χ0v) is 17.9. The number of likely N-dealkylation sites (N-methyl/N-ethyl adjacent to an activating group) is 1. The van der Waals surface area contributed by atoms with E-state index in [-0.39, 0.29) is 35.8 Å². The summed E-state index contributed by atoms with van der Waals surface area (Å²) in [4.78, 5) is 6.59. The Kier molecular flexibility index (Phi) is 10.3. The molecular formula is C19H28FIN4O. The molecule has 0 aliphatic carbocycles. The van der Waals surface area contributed by atoms with Crippen molar-refractivity contribution in [2.75, 3.05) is 26.7 Å². The fraction of sp³-hybridized carbons (Fsp3) is 0.421. The van der Waals surface area contributed by atoms with E-state index >= 15 is 0 Å². The van der Waals surface area contributed by atoms with Gasteiger partial charge >= 0.3 is 0 Å². The molecule has 144 valence electrons. The Hall–Kier alpha value is -1.61. The number of nitrogens with one attached hydrogen (secondary N) is 2. The fourth-order valence-electron chi connectivity index (χ4n) is 2.76. The molecule has 0 saturated carbocycles. The molecule has 0 amide bonds. The van der Waals surface area contributed by atoms with Gasteiger partial charge in [0.05, 0.1) is 12.3 Å². The van der Waals surface area contributed by atoms with Gasteiger partial charge < -0.3 is 15.1 Å². The summed E-state index contributed by atoms with van der Waals surface area (Å²) in [6.07, 6.45) is 1.70. The smallest absolute Gasteiger partial charge is 0.191 e. The predicted molar refractivity (Wildman–Crippen MR) is 114 cm³/mol. The Morgan fingerprint density at radius 1 is 1.15 bits per heavy atom.